The Labute approximate surface area is 149 Å². The van der Waals surface area contributed by atoms with Crippen LogP contribution in [-0.4, -0.2) is 24.5 Å². The lowest BCUT2D eigenvalue weighted by Gasteiger charge is -2.22. The fourth-order valence-corrected chi connectivity index (χ4v) is 3.62. The molecule has 124 valence electrons. The zero-order valence-corrected chi connectivity index (χ0v) is 14.9. The lowest BCUT2D eigenvalue weighted by Crippen LogP contribution is -2.30. The molecule has 0 aliphatic rings. The van der Waals surface area contributed by atoms with Crippen molar-refractivity contribution in [1.82, 2.24) is 4.90 Å². The Balaban J connectivity index is 1.54. The zero-order chi connectivity index (χ0) is 16.5. The fourth-order valence-electron chi connectivity index (χ4n) is 2.92. The molecule has 0 N–H and O–H groups in total. The van der Waals surface area contributed by atoms with E-state index in [0.717, 1.165) is 38.9 Å². The molecule has 1 heterocycles. The Bertz CT molecular complexity index is 633. The molecular weight excluding hydrogens is 310 g/mol. The first-order chi connectivity index (χ1) is 11.9. The third-order valence-corrected chi connectivity index (χ3v) is 5.31. The van der Waals surface area contributed by atoms with Crippen LogP contribution in [0.4, 0.5) is 0 Å². The molecule has 0 fully saturated rings. The van der Waals surface area contributed by atoms with Crippen LogP contribution in [-0.2, 0) is 19.3 Å². The quantitative estimate of drug-likeness (QED) is 0.527. The van der Waals surface area contributed by atoms with Crippen LogP contribution >= 0.6 is 11.3 Å². The lowest BCUT2D eigenvalue weighted by atomic mass is 10.1. The highest BCUT2D eigenvalue weighted by atomic mass is 32.1. The van der Waals surface area contributed by atoms with Crippen molar-refractivity contribution < 1.29 is 0 Å². The van der Waals surface area contributed by atoms with Gasteiger partial charge in [-0.15, -0.1) is 11.3 Å². The van der Waals surface area contributed by atoms with Crippen molar-refractivity contribution in [3.63, 3.8) is 0 Å². The van der Waals surface area contributed by atoms with Crippen molar-refractivity contribution in [2.24, 2.45) is 0 Å². The van der Waals surface area contributed by atoms with Gasteiger partial charge in [0.1, 0.15) is 0 Å². The second kappa shape index (κ2) is 9.41. The first kappa shape index (κ1) is 16.9. The minimum Gasteiger partial charge on any atom is -0.302 e. The summed E-state index contributed by atoms with van der Waals surface area (Å²) in [6.07, 6.45) is 3.40. The first-order valence-corrected chi connectivity index (χ1v) is 9.61. The number of hydrogen-bond acceptors (Lipinski definition) is 2. The highest BCUT2D eigenvalue weighted by molar-refractivity contribution is 7.09. The third kappa shape index (κ3) is 5.63. The molecule has 3 aromatic rings. The number of rotatable bonds is 9. The molecule has 0 aliphatic carbocycles. The average molecular weight is 336 g/mol. The zero-order valence-electron chi connectivity index (χ0n) is 14.1. The van der Waals surface area contributed by atoms with Gasteiger partial charge in [0, 0.05) is 24.5 Å². The van der Waals surface area contributed by atoms with Gasteiger partial charge in [0.2, 0.25) is 0 Å². The van der Waals surface area contributed by atoms with Gasteiger partial charge in [0.25, 0.3) is 0 Å². The minimum atomic E-state index is 1.13. The number of nitrogens with zero attached hydrogens (tertiary/aromatic N) is 1. The van der Waals surface area contributed by atoms with E-state index in [9.17, 15) is 0 Å². The summed E-state index contributed by atoms with van der Waals surface area (Å²) in [7, 11) is 0. The van der Waals surface area contributed by atoms with E-state index in [4.69, 9.17) is 0 Å². The maximum atomic E-state index is 2.61. The van der Waals surface area contributed by atoms with Crippen molar-refractivity contribution in [3.8, 4) is 0 Å². The largest absolute Gasteiger partial charge is 0.302 e. The van der Waals surface area contributed by atoms with Crippen LogP contribution in [0.15, 0.2) is 78.2 Å². The summed E-state index contributed by atoms with van der Waals surface area (Å²) in [6, 6.07) is 26.0. The molecule has 0 bridgehead atoms. The Morgan fingerprint density at radius 3 is 1.62 bits per heavy atom. The van der Waals surface area contributed by atoms with Gasteiger partial charge >= 0.3 is 0 Å². The Morgan fingerprint density at radius 1 is 0.583 bits per heavy atom. The van der Waals surface area contributed by atoms with E-state index < -0.39 is 0 Å². The van der Waals surface area contributed by atoms with E-state index in [1.54, 1.807) is 0 Å². The highest BCUT2D eigenvalue weighted by Crippen LogP contribution is 2.11. The van der Waals surface area contributed by atoms with Gasteiger partial charge < -0.3 is 4.90 Å². The van der Waals surface area contributed by atoms with E-state index in [1.165, 1.54) is 16.0 Å². The molecule has 0 atom stereocenters. The van der Waals surface area contributed by atoms with Crippen molar-refractivity contribution >= 4 is 11.3 Å². The summed E-state index contributed by atoms with van der Waals surface area (Å²) in [5.74, 6) is 0. The second-order valence-corrected chi connectivity index (χ2v) is 7.17. The Kier molecular flexibility index (Phi) is 6.64. The van der Waals surface area contributed by atoms with Gasteiger partial charge in [-0.05, 0) is 41.8 Å². The van der Waals surface area contributed by atoms with Crippen LogP contribution in [0, 0.1) is 0 Å². The van der Waals surface area contributed by atoms with E-state index in [0.29, 0.717) is 0 Å². The van der Waals surface area contributed by atoms with Crippen molar-refractivity contribution in [1.29, 1.82) is 0 Å². The smallest absolute Gasteiger partial charge is 0.00579 e. The topological polar surface area (TPSA) is 3.24 Å². The minimum absolute atomic E-state index is 1.13. The molecule has 0 spiro atoms. The molecule has 0 amide bonds. The second-order valence-electron chi connectivity index (χ2n) is 6.14. The van der Waals surface area contributed by atoms with Gasteiger partial charge in [0.05, 0.1) is 0 Å². The van der Waals surface area contributed by atoms with Gasteiger partial charge in [-0.3, -0.25) is 0 Å². The van der Waals surface area contributed by atoms with Crippen molar-refractivity contribution in [3.05, 3.63) is 94.2 Å². The molecule has 1 nitrogen and oxygen atoms in total. The number of benzene rings is 2. The molecule has 3 rings (SSSR count). The van der Waals surface area contributed by atoms with Crippen LogP contribution < -0.4 is 0 Å². The predicted molar refractivity (Wildman–Crippen MR) is 105 cm³/mol. The molecule has 2 aromatic carbocycles. The van der Waals surface area contributed by atoms with E-state index in [-0.39, 0.29) is 0 Å². The van der Waals surface area contributed by atoms with Gasteiger partial charge in [-0.25, -0.2) is 0 Å². The van der Waals surface area contributed by atoms with Gasteiger partial charge in [-0.1, -0.05) is 66.7 Å². The summed E-state index contributed by atoms with van der Waals surface area (Å²) < 4.78 is 0. The summed E-state index contributed by atoms with van der Waals surface area (Å²) in [5.41, 5.74) is 2.86. The number of thiophene rings is 1. The summed E-state index contributed by atoms with van der Waals surface area (Å²) in [4.78, 5) is 4.10. The first-order valence-electron chi connectivity index (χ1n) is 8.73. The van der Waals surface area contributed by atoms with Gasteiger partial charge in [-0.2, -0.15) is 0 Å². The van der Waals surface area contributed by atoms with E-state index >= 15 is 0 Å². The lowest BCUT2D eigenvalue weighted by molar-refractivity contribution is 0.284. The van der Waals surface area contributed by atoms with Crippen molar-refractivity contribution in [2.75, 3.05) is 19.6 Å². The highest BCUT2D eigenvalue weighted by Gasteiger charge is 2.07. The monoisotopic (exact) mass is 335 g/mol. The summed E-state index contributed by atoms with van der Waals surface area (Å²) in [5, 5.41) is 2.17. The van der Waals surface area contributed by atoms with Crippen LogP contribution in [0.25, 0.3) is 0 Å². The maximum Gasteiger partial charge on any atom is 0.00579 e. The number of hydrogen-bond donors (Lipinski definition) is 0. The van der Waals surface area contributed by atoms with Crippen LogP contribution in [0.1, 0.15) is 16.0 Å². The molecular formula is C22H25NS. The Hall–Kier alpha value is -1.90. The maximum absolute atomic E-state index is 2.61. The molecule has 0 radical (unpaired) electrons. The molecule has 0 aliphatic heterocycles. The van der Waals surface area contributed by atoms with E-state index in [2.05, 4.69) is 83.1 Å². The Morgan fingerprint density at radius 2 is 1.12 bits per heavy atom. The van der Waals surface area contributed by atoms with Crippen LogP contribution in [0.5, 0.6) is 0 Å². The third-order valence-electron chi connectivity index (χ3n) is 4.37. The molecule has 0 saturated carbocycles. The van der Waals surface area contributed by atoms with Crippen LogP contribution in [0.3, 0.4) is 0 Å². The van der Waals surface area contributed by atoms with Crippen molar-refractivity contribution in [2.45, 2.75) is 19.3 Å². The summed E-state index contributed by atoms with van der Waals surface area (Å²) in [6.45, 7) is 3.39. The average Bonchev–Trinajstić information content (AvgIpc) is 3.16. The standard InChI is InChI=1S/C22H25NS/c1-3-8-20(9-4-1)13-16-23(18-15-22-12-7-19-24-22)17-14-21-10-5-2-6-11-21/h1-12,19H,13-18H2. The fraction of sp³-hybridized carbons (Fsp3) is 0.273. The van der Waals surface area contributed by atoms with E-state index in [1.807, 2.05) is 11.3 Å². The van der Waals surface area contributed by atoms with Crippen LogP contribution in [0.2, 0.25) is 0 Å². The molecule has 24 heavy (non-hydrogen) atoms. The SMILES string of the molecule is c1ccc(CCN(CCc2ccccc2)CCc2cccs2)cc1. The molecule has 1 aromatic heterocycles. The van der Waals surface area contributed by atoms with Gasteiger partial charge in [0.15, 0.2) is 0 Å². The predicted octanol–water partition coefficient (Wildman–Crippen LogP) is 5.08. The molecule has 2 heteroatoms. The molecule has 0 unspecified atom stereocenters. The summed E-state index contributed by atoms with van der Waals surface area (Å²) >= 11 is 1.87. The normalized spacial score (nSPS) is 11.0. The molecule has 0 saturated heterocycles.